The summed E-state index contributed by atoms with van der Waals surface area (Å²) in [6.07, 6.45) is 6.28. The summed E-state index contributed by atoms with van der Waals surface area (Å²) in [4.78, 5) is 28.2. The molecule has 166 valence electrons. The van der Waals surface area contributed by atoms with Crippen LogP contribution in [0.4, 0.5) is 9.59 Å². The van der Waals surface area contributed by atoms with E-state index in [2.05, 4.69) is 10.0 Å². The normalized spacial score (nSPS) is 17.6. The Morgan fingerprint density at radius 3 is 2.43 bits per heavy atom. The summed E-state index contributed by atoms with van der Waals surface area (Å²) >= 11 is 0. The number of amides is 4. The average Bonchev–Trinajstić information content (AvgIpc) is 2.95. The van der Waals surface area contributed by atoms with Crippen LogP contribution in [-0.4, -0.2) is 63.0 Å². The van der Waals surface area contributed by atoms with Crippen LogP contribution < -0.4 is 10.0 Å². The number of rotatable bonds is 4. The minimum absolute atomic E-state index is 0.0146. The van der Waals surface area contributed by atoms with Crippen LogP contribution in [0.15, 0.2) is 23.1 Å². The third kappa shape index (κ3) is 5.44. The molecule has 1 aliphatic heterocycles. The van der Waals surface area contributed by atoms with Crippen molar-refractivity contribution in [2.45, 2.75) is 62.8 Å². The summed E-state index contributed by atoms with van der Waals surface area (Å²) < 4.78 is 27.6. The average molecular weight is 437 g/mol. The molecule has 0 saturated heterocycles. The summed E-state index contributed by atoms with van der Waals surface area (Å²) in [6.45, 7) is 3.71. The molecule has 0 radical (unpaired) electrons. The highest BCUT2D eigenvalue weighted by Crippen LogP contribution is 2.21. The van der Waals surface area contributed by atoms with Gasteiger partial charge < -0.3 is 15.1 Å². The Labute approximate surface area is 179 Å². The van der Waals surface area contributed by atoms with Gasteiger partial charge in [-0.25, -0.2) is 22.7 Å². The predicted octanol–water partition coefficient (Wildman–Crippen LogP) is 2.48. The molecule has 0 spiro atoms. The van der Waals surface area contributed by atoms with Crippen molar-refractivity contribution < 1.29 is 18.0 Å². The molecule has 4 amide bonds. The molecule has 1 aromatic rings. The van der Waals surface area contributed by atoms with Crippen LogP contribution >= 0.6 is 0 Å². The number of carbonyl (C=O) groups excluding carboxylic acids is 2. The van der Waals surface area contributed by atoms with Gasteiger partial charge in [-0.15, -0.1) is 0 Å². The Bertz CT molecular complexity index is 881. The molecule has 9 heteroatoms. The second kappa shape index (κ2) is 9.68. The molecule has 8 nitrogen and oxygen atoms in total. The lowest BCUT2D eigenvalue weighted by atomic mass is 9.96. The number of nitrogens with one attached hydrogen (secondary N) is 2. The zero-order valence-electron chi connectivity index (χ0n) is 17.8. The van der Waals surface area contributed by atoms with E-state index in [1.807, 2.05) is 6.92 Å². The zero-order chi connectivity index (χ0) is 21.7. The van der Waals surface area contributed by atoms with Crippen LogP contribution in [0.1, 0.15) is 50.2 Å². The monoisotopic (exact) mass is 436 g/mol. The maximum atomic E-state index is 12.7. The Kier molecular flexibility index (Phi) is 7.23. The Balaban J connectivity index is 1.66. The fourth-order valence-electron chi connectivity index (χ4n) is 4.08. The SMILES string of the molecule is CCN(C)C(=O)N1CCc2ccc(S(=O)(=O)NC(=O)NC3CCCCC3)cc2CC1. The fourth-order valence-corrected chi connectivity index (χ4v) is 5.04. The standard InChI is InChI=1S/C21H32N4O4S/c1-3-24(2)21(27)25-13-11-16-9-10-19(15-17(16)12-14-25)30(28,29)23-20(26)22-18-7-5-4-6-8-18/h9-10,15,18H,3-8,11-14H2,1-2H3,(H2,22,23,26). The fraction of sp³-hybridized carbons (Fsp3) is 0.619. The van der Waals surface area contributed by atoms with Gasteiger partial charge in [0.15, 0.2) is 0 Å². The number of hydrogen-bond donors (Lipinski definition) is 2. The summed E-state index contributed by atoms with van der Waals surface area (Å²) in [6, 6.07) is 4.30. The van der Waals surface area contributed by atoms with Gasteiger partial charge in [-0.05, 0) is 55.9 Å². The van der Waals surface area contributed by atoms with Crippen LogP contribution in [0.25, 0.3) is 0 Å². The van der Waals surface area contributed by atoms with Crippen molar-refractivity contribution in [1.82, 2.24) is 19.8 Å². The van der Waals surface area contributed by atoms with Gasteiger partial charge in [0.2, 0.25) is 0 Å². The first-order valence-electron chi connectivity index (χ1n) is 10.8. The summed E-state index contributed by atoms with van der Waals surface area (Å²) in [5, 5.41) is 2.77. The van der Waals surface area contributed by atoms with Crippen molar-refractivity contribution in [3.05, 3.63) is 29.3 Å². The number of urea groups is 2. The van der Waals surface area contributed by atoms with E-state index in [1.54, 1.807) is 29.0 Å². The van der Waals surface area contributed by atoms with Gasteiger partial charge in [-0.1, -0.05) is 25.3 Å². The van der Waals surface area contributed by atoms with Gasteiger partial charge in [0.1, 0.15) is 0 Å². The number of nitrogens with zero attached hydrogens (tertiary/aromatic N) is 2. The Morgan fingerprint density at radius 2 is 1.77 bits per heavy atom. The Morgan fingerprint density at radius 1 is 1.10 bits per heavy atom. The Hall–Kier alpha value is -2.29. The lowest BCUT2D eigenvalue weighted by Crippen LogP contribution is -2.45. The first kappa shape index (κ1) is 22.4. The third-order valence-corrected chi connectivity index (χ3v) is 7.36. The molecule has 3 rings (SSSR count). The minimum Gasteiger partial charge on any atom is -0.335 e. The number of benzene rings is 1. The van der Waals surface area contributed by atoms with Crippen molar-refractivity contribution in [2.24, 2.45) is 0 Å². The van der Waals surface area contributed by atoms with E-state index in [1.165, 1.54) is 6.07 Å². The molecule has 1 fully saturated rings. The zero-order valence-corrected chi connectivity index (χ0v) is 18.6. The van der Waals surface area contributed by atoms with Crippen molar-refractivity contribution in [2.75, 3.05) is 26.7 Å². The maximum absolute atomic E-state index is 12.7. The second-order valence-electron chi connectivity index (χ2n) is 8.13. The summed E-state index contributed by atoms with van der Waals surface area (Å²) in [5.74, 6) is 0. The van der Waals surface area contributed by atoms with E-state index in [9.17, 15) is 18.0 Å². The molecular weight excluding hydrogens is 404 g/mol. The van der Waals surface area contributed by atoms with Gasteiger partial charge in [-0.2, -0.15) is 0 Å². The van der Waals surface area contributed by atoms with Crippen molar-refractivity contribution >= 4 is 22.1 Å². The van der Waals surface area contributed by atoms with Crippen molar-refractivity contribution in [1.29, 1.82) is 0 Å². The van der Waals surface area contributed by atoms with Crippen LogP contribution in [0.2, 0.25) is 0 Å². The molecule has 0 bridgehead atoms. The number of carbonyl (C=O) groups is 2. The first-order chi connectivity index (χ1) is 14.3. The summed E-state index contributed by atoms with van der Waals surface area (Å²) in [7, 11) is -2.18. The van der Waals surface area contributed by atoms with Crippen LogP contribution in [0.5, 0.6) is 0 Å². The number of fused-ring (bicyclic) bond motifs is 1. The molecule has 0 aromatic heterocycles. The van der Waals surface area contributed by atoms with E-state index in [0.29, 0.717) is 32.5 Å². The smallest absolute Gasteiger partial charge is 0.328 e. The maximum Gasteiger partial charge on any atom is 0.328 e. The van der Waals surface area contributed by atoms with Crippen molar-refractivity contribution in [3.8, 4) is 0 Å². The van der Waals surface area contributed by atoms with E-state index in [4.69, 9.17) is 0 Å². The van der Waals surface area contributed by atoms with Crippen LogP contribution in [-0.2, 0) is 22.9 Å². The highest BCUT2D eigenvalue weighted by molar-refractivity contribution is 7.90. The molecule has 0 atom stereocenters. The van der Waals surface area contributed by atoms with Crippen LogP contribution in [0, 0.1) is 0 Å². The van der Waals surface area contributed by atoms with Crippen LogP contribution in [0.3, 0.4) is 0 Å². The molecular formula is C21H32N4O4S. The van der Waals surface area contributed by atoms with Gasteiger partial charge in [-0.3, -0.25) is 0 Å². The predicted molar refractivity (Wildman–Crippen MR) is 115 cm³/mol. The van der Waals surface area contributed by atoms with Gasteiger partial charge in [0, 0.05) is 32.7 Å². The van der Waals surface area contributed by atoms with E-state index < -0.39 is 16.1 Å². The van der Waals surface area contributed by atoms with Crippen molar-refractivity contribution in [3.63, 3.8) is 0 Å². The minimum atomic E-state index is -3.95. The van der Waals surface area contributed by atoms with E-state index in [0.717, 1.165) is 43.2 Å². The topological polar surface area (TPSA) is 98.8 Å². The largest absolute Gasteiger partial charge is 0.335 e. The number of hydrogen-bond acceptors (Lipinski definition) is 4. The van der Waals surface area contributed by atoms with Gasteiger partial charge in [0.25, 0.3) is 10.0 Å². The molecule has 2 N–H and O–H groups in total. The number of sulfonamides is 1. The van der Waals surface area contributed by atoms with Gasteiger partial charge >= 0.3 is 12.1 Å². The molecule has 0 unspecified atom stereocenters. The van der Waals surface area contributed by atoms with Gasteiger partial charge in [0.05, 0.1) is 4.90 Å². The van der Waals surface area contributed by atoms with E-state index in [-0.39, 0.29) is 17.0 Å². The third-order valence-electron chi connectivity index (χ3n) is 6.03. The quantitative estimate of drug-likeness (QED) is 0.757. The first-order valence-corrected chi connectivity index (χ1v) is 12.2. The molecule has 1 heterocycles. The molecule has 1 aliphatic carbocycles. The lowest BCUT2D eigenvalue weighted by Gasteiger charge is -2.26. The molecule has 30 heavy (non-hydrogen) atoms. The lowest BCUT2D eigenvalue weighted by molar-refractivity contribution is 0.167. The highest BCUT2D eigenvalue weighted by Gasteiger charge is 2.24. The molecule has 1 saturated carbocycles. The summed E-state index contributed by atoms with van der Waals surface area (Å²) in [5.41, 5.74) is 1.94. The highest BCUT2D eigenvalue weighted by atomic mass is 32.2. The van der Waals surface area contributed by atoms with E-state index >= 15 is 0 Å². The molecule has 2 aliphatic rings. The second-order valence-corrected chi connectivity index (χ2v) is 9.81. The molecule has 1 aromatic carbocycles.